The lowest BCUT2D eigenvalue weighted by Gasteiger charge is -2.08. The highest BCUT2D eigenvalue weighted by Gasteiger charge is 2.24. The van der Waals surface area contributed by atoms with Gasteiger partial charge in [-0.25, -0.2) is 4.98 Å². The van der Waals surface area contributed by atoms with E-state index in [1.165, 1.54) is 0 Å². The molecule has 0 bridgehead atoms. The molecule has 1 aliphatic rings. The molecule has 2 heterocycles. The third-order valence-corrected chi connectivity index (χ3v) is 4.79. The second-order valence-electron chi connectivity index (χ2n) is 6.19. The summed E-state index contributed by atoms with van der Waals surface area (Å²) in [5, 5.41) is 1.89. The van der Waals surface area contributed by atoms with Crippen LogP contribution in [0.5, 0.6) is 11.6 Å². The molecule has 0 spiro atoms. The maximum Gasteiger partial charge on any atom is 0.290 e. The van der Waals surface area contributed by atoms with E-state index in [0.717, 1.165) is 41.6 Å². The predicted molar refractivity (Wildman–Crippen MR) is 109 cm³/mol. The molecule has 7 heteroatoms. The number of unbranched alkanes of at least 4 members (excludes halogenated alkanes) is 1. The average molecular weight is 398 g/mol. The largest absolute Gasteiger partial charge is 0.493 e. The molecule has 0 saturated carbocycles. The zero-order valence-electron chi connectivity index (χ0n) is 15.6. The van der Waals surface area contributed by atoms with Crippen molar-refractivity contribution in [3.63, 3.8) is 0 Å². The Morgan fingerprint density at radius 1 is 1.07 bits per heavy atom. The first kappa shape index (κ1) is 19.9. The van der Waals surface area contributed by atoms with Gasteiger partial charge in [0.1, 0.15) is 5.75 Å². The fourth-order valence-corrected chi connectivity index (χ4v) is 3.19. The number of nitrogens with one attached hydrogen (secondary N) is 1. The third-order valence-electron chi connectivity index (χ3n) is 3.98. The van der Waals surface area contributed by atoms with Crippen molar-refractivity contribution in [3.05, 3.63) is 58.6 Å². The fourth-order valence-electron chi connectivity index (χ4n) is 2.50. The average Bonchev–Trinajstić information content (AvgIpc) is 3.01. The van der Waals surface area contributed by atoms with Crippen LogP contribution in [0.3, 0.4) is 0 Å². The number of ether oxygens (including phenoxy) is 2. The normalized spacial score (nSPS) is 15.0. The highest BCUT2D eigenvalue weighted by molar-refractivity contribution is 8.18. The number of aromatic nitrogens is 1. The molecule has 146 valence electrons. The summed E-state index contributed by atoms with van der Waals surface area (Å²) in [5.74, 6) is 1.02. The maximum absolute atomic E-state index is 11.6. The molecule has 1 saturated heterocycles. The van der Waals surface area contributed by atoms with Crippen LogP contribution in [0.25, 0.3) is 6.08 Å². The van der Waals surface area contributed by atoms with E-state index < -0.39 is 0 Å². The van der Waals surface area contributed by atoms with Gasteiger partial charge in [-0.05, 0) is 48.0 Å². The summed E-state index contributed by atoms with van der Waals surface area (Å²) in [6.07, 6.45) is 4.47. The van der Waals surface area contributed by atoms with E-state index in [-0.39, 0.29) is 11.1 Å². The Hall–Kier alpha value is -2.80. The smallest absolute Gasteiger partial charge is 0.290 e. The molecule has 0 atom stereocenters. The van der Waals surface area contributed by atoms with Crippen LogP contribution in [-0.4, -0.2) is 29.3 Å². The molecular weight excluding hydrogens is 376 g/mol. The SMILES string of the molecule is CCCCOc1cccc(CCOc2ccc(C=C3SC(=O)NC3=O)cc2)n1. The Labute approximate surface area is 168 Å². The fraction of sp³-hybridized carbons (Fsp3) is 0.286. The molecule has 0 unspecified atom stereocenters. The van der Waals surface area contributed by atoms with Crippen molar-refractivity contribution in [1.29, 1.82) is 0 Å². The first-order valence-electron chi connectivity index (χ1n) is 9.20. The van der Waals surface area contributed by atoms with Crippen molar-refractivity contribution in [3.8, 4) is 11.6 Å². The number of carbonyl (C=O) groups excluding carboxylic acids is 2. The molecule has 1 fully saturated rings. The van der Waals surface area contributed by atoms with Crippen molar-refractivity contribution in [1.82, 2.24) is 10.3 Å². The summed E-state index contributed by atoms with van der Waals surface area (Å²) in [6.45, 7) is 3.30. The molecule has 1 aromatic heterocycles. The van der Waals surface area contributed by atoms with E-state index in [9.17, 15) is 9.59 Å². The molecule has 2 amide bonds. The zero-order chi connectivity index (χ0) is 19.8. The van der Waals surface area contributed by atoms with Crippen LogP contribution in [0.2, 0.25) is 0 Å². The predicted octanol–water partition coefficient (Wildman–Crippen LogP) is 4.21. The quantitative estimate of drug-likeness (QED) is 0.504. The van der Waals surface area contributed by atoms with Gasteiger partial charge in [-0.2, -0.15) is 0 Å². The summed E-state index contributed by atoms with van der Waals surface area (Å²) in [4.78, 5) is 27.6. The van der Waals surface area contributed by atoms with Gasteiger partial charge < -0.3 is 9.47 Å². The third kappa shape index (κ3) is 5.85. The first-order chi connectivity index (χ1) is 13.6. The summed E-state index contributed by atoms with van der Waals surface area (Å²) < 4.78 is 11.4. The maximum atomic E-state index is 11.6. The summed E-state index contributed by atoms with van der Waals surface area (Å²) in [6, 6.07) is 13.1. The van der Waals surface area contributed by atoms with Crippen molar-refractivity contribution >= 4 is 29.0 Å². The van der Waals surface area contributed by atoms with Crippen LogP contribution in [0.4, 0.5) is 4.79 Å². The topological polar surface area (TPSA) is 77.5 Å². The van der Waals surface area contributed by atoms with Gasteiger partial charge in [-0.1, -0.05) is 31.5 Å². The van der Waals surface area contributed by atoms with E-state index in [1.807, 2.05) is 42.5 Å². The van der Waals surface area contributed by atoms with E-state index >= 15 is 0 Å². The molecule has 0 aliphatic carbocycles. The lowest BCUT2D eigenvalue weighted by molar-refractivity contribution is -0.115. The minimum Gasteiger partial charge on any atom is -0.493 e. The van der Waals surface area contributed by atoms with Crippen LogP contribution in [-0.2, 0) is 11.2 Å². The highest BCUT2D eigenvalue weighted by Crippen LogP contribution is 2.26. The van der Waals surface area contributed by atoms with Gasteiger partial charge in [0.25, 0.3) is 11.1 Å². The summed E-state index contributed by atoms with van der Waals surface area (Å²) in [5.41, 5.74) is 1.75. The number of carbonyl (C=O) groups is 2. The number of rotatable bonds is 9. The molecule has 28 heavy (non-hydrogen) atoms. The van der Waals surface area contributed by atoms with Gasteiger partial charge in [0.2, 0.25) is 5.88 Å². The Bertz CT molecular complexity index is 865. The van der Waals surface area contributed by atoms with Gasteiger partial charge in [-0.3, -0.25) is 14.9 Å². The van der Waals surface area contributed by atoms with Gasteiger partial charge in [0.15, 0.2) is 0 Å². The summed E-state index contributed by atoms with van der Waals surface area (Å²) >= 11 is 0.904. The van der Waals surface area contributed by atoms with Crippen molar-refractivity contribution in [2.45, 2.75) is 26.2 Å². The number of imide groups is 1. The molecule has 2 aromatic rings. The zero-order valence-corrected chi connectivity index (χ0v) is 16.5. The van der Waals surface area contributed by atoms with Gasteiger partial charge in [0.05, 0.1) is 18.1 Å². The number of hydrogen-bond acceptors (Lipinski definition) is 6. The number of thioether (sulfide) groups is 1. The first-order valence-corrected chi connectivity index (χ1v) is 10.0. The molecule has 1 N–H and O–H groups in total. The molecule has 1 aromatic carbocycles. The summed E-state index contributed by atoms with van der Waals surface area (Å²) in [7, 11) is 0. The standard InChI is InChI=1S/C21H22N2O4S/c1-2-3-12-27-19-6-4-5-16(22-19)11-13-26-17-9-7-15(8-10-17)14-18-20(24)23-21(25)28-18/h4-10,14H,2-3,11-13H2,1H3,(H,23,24,25). The molecule has 3 rings (SSSR count). The second-order valence-corrected chi connectivity index (χ2v) is 7.20. The molecule has 0 radical (unpaired) electrons. The molecule has 6 nitrogen and oxygen atoms in total. The minimum absolute atomic E-state index is 0.343. The lowest BCUT2D eigenvalue weighted by Crippen LogP contribution is -2.17. The number of benzene rings is 1. The number of pyridine rings is 1. The second kappa shape index (κ2) is 9.94. The Kier molecular flexibility index (Phi) is 7.08. The van der Waals surface area contributed by atoms with Crippen LogP contribution in [0.15, 0.2) is 47.4 Å². The number of nitrogens with zero attached hydrogens (tertiary/aromatic N) is 1. The minimum atomic E-state index is -0.358. The van der Waals surface area contributed by atoms with E-state index in [1.54, 1.807) is 6.08 Å². The van der Waals surface area contributed by atoms with E-state index in [2.05, 4.69) is 17.2 Å². The van der Waals surface area contributed by atoms with Crippen LogP contribution < -0.4 is 14.8 Å². The van der Waals surface area contributed by atoms with Gasteiger partial charge >= 0.3 is 0 Å². The van der Waals surface area contributed by atoms with Crippen LogP contribution in [0, 0.1) is 0 Å². The van der Waals surface area contributed by atoms with Crippen molar-refractivity contribution < 1.29 is 19.1 Å². The van der Waals surface area contributed by atoms with E-state index in [4.69, 9.17) is 9.47 Å². The van der Waals surface area contributed by atoms with Crippen LogP contribution >= 0.6 is 11.8 Å². The van der Waals surface area contributed by atoms with Crippen molar-refractivity contribution in [2.75, 3.05) is 13.2 Å². The van der Waals surface area contributed by atoms with Crippen LogP contribution in [0.1, 0.15) is 31.0 Å². The molecule has 1 aliphatic heterocycles. The van der Waals surface area contributed by atoms with Crippen molar-refractivity contribution in [2.24, 2.45) is 0 Å². The molecular formula is C21H22N2O4S. The number of amides is 2. The number of hydrogen-bond donors (Lipinski definition) is 1. The lowest BCUT2D eigenvalue weighted by atomic mass is 10.2. The highest BCUT2D eigenvalue weighted by atomic mass is 32.2. The Morgan fingerprint density at radius 3 is 2.61 bits per heavy atom. The monoisotopic (exact) mass is 398 g/mol. The Morgan fingerprint density at radius 2 is 1.89 bits per heavy atom. The van der Waals surface area contributed by atoms with Gasteiger partial charge in [-0.15, -0.1) is 0 Å². The van der Waals surface area contributed by atoms with Gasteiger partial charge in [0, 0.05) is 18.2 Å². The Balaban J connectivity index is 1.49. The van der Waals surface area contributed by atoms with E-state index in [0.29, 0.717) is 30.4 Å².